The van der Waals surface area contributed by atoms with Crippen molar-refractivity contribution in [1.29, 1.82) is 0 Å². The Morgan fingerprint density at radius 3 is 2.20 bits per heavy atom. The van der Waals surface area contributed by atoms with E-state index in [1.54, 1.807) is 16.9 Å². The summed E-state index contributed by atoms with van der Waals surface area (Å²) in [5, 5.41) is 1.22. The summed E-state index contributed by atoms with van der Waals surface area (Å²) < 4.78 is 1.57. The van der Waals surface area contributed by atoms with Crippen LogP contribution < -0.4 is 5.84 Å². The number of nitrogens with two attached hydrogens (primary N) is 1. The van der Waals surface area contributed by atoms with Gasteiger partial charge in [0.15, 0.2) is 0 Å². The average molecular weight is 241 g/mol. The fourth-order valence-electron chi connectivity index (χ4n) is 1.62. The smallest absolute Gasteiger partial charge is 0.0720 e. The molecule has 0 amide bonds. The molecule has 0 aliphatic carbocycles. The largest absolute Gasteiger partial charge is 0.339 e. The molecule has 0 unspecified atom stereocenters. The van der Waals surface area contributed by atoms with Crippen molar-refractivity contribution in [3.05, 3.63) is 46.1 Å². The zero-order valence-corrected chi connectivity index (χ0v) is 9.68. The number of aryl methyl sites for hydroxylation is 1. The van der Waals surface area contributed by atoms with E-state index in [1.165, 1.54) is 0 Å². The van der Waals surface area contributed by atoms with E-state index in [0.717, 1.165) is 16.8 Å². The number of rotatable bonds is 1. The van der Waals surface area contributed by atoms with Crippen LogP contribution in [0, 0.1) is 6.92 Å². The first kappa shape index (κ1) is 10.4. The van der Waals surface area contributed by atoms with Crippen molar-refractivity contribution in [2.24, 2.45) is 0 Å². The van der Waals surface area contributed by atoms with Crippen molar-refractivity contribution in [2.75, 3.05) is 5.84 Å². The van der Waals surface area contributed by atoms with Crippen molar-refractivity contribution < 1.29 is 0 Å². The van der Waals surface area contributed by atoms with E-state index in [9.17, 15) is 0 Å². The van der Waals surface area contributed by atoms with Crippen LogP contribution in [0.4, 0.5) is 0 Å². The van der Waals surface area contributed by atoms with Gasteiger partial charge in [0.05, 0.1) is 5.69 Å². The first-order valence-electron chi connectivity index (χ1n) is 4.47. The molecular weight excluding hydrogens is 231 g/mol. The minimum Gasteiger partial charge on any atom is -0.339 e. The second kappa shape index (κ2) is 3.80. The minimum atomic E-state index is 0.609. The minimum absolute atomic E-state index is 0.609. The summed E-state index contributed by atoms with van der Waals surface area (Å²) in [5.74, 6) is 5.80. The van der Waals surface area contributed by atoms with Gasteiger partial charge in [0.25, 0.3) is 0 Å². The van der Waals surface area contributed by atoms with Gasteiger partial charge in [0, 0.05) is 21.8 Å². The molecule has 2 aromatic rings. The molecule has 1 aromatic carbocycles. The number of halogens is 2. The van der Waals surface area contributed by atoms with Crippen LogP contribution in [0.1, 0.15) is 5.56 Å². The lowest BCUT2D eigenvalue weighted by atomic mass is 10.1. The third kappa shape index (κ3) is 1.96. The van der Waals surface area contributed by atoms with Crippen LogP contribution in [0.15, 0.2) is 30.5 Å². The summed E-state index contributed by atoms with van der Waals surface area (Å²) in [4.78, 5) is 0. The van der Waals surface area contributed by atoms with Crippen LogP contribution in [0.25, 0.3) is 11.3 Å². The summed E-state index contributed by atoms with van der Waals surface area (Å²) in [6.45, 7) is 1.99. The van der Waals surface area contributed by atoms with Gasteiger partial charge in [-0.15, -0.1) is 0 Å². The van der Waals surface area contributed by atoms with Crippen molar-refractivity contribution in [1.82, 2.24) is 4.68 Å². The van der Waals surface area contributed by atoms with Gasteiger partial charge in [-0.3, -0.25) is 4.68 Å². The molecule has 2 rings (SSSR count). The SMILES string of the molecule is Cc1ccn(N)c1-c1cc(Cl)cc(Cl)c1. The first-order chi connectivity index (χ1) is 7.08. The van der Waals surface area contributed by atoms with Gasteiger partial charge >= 0.3 is 0 Å². The Bertz CT molecular complexity index is 464. The second-order valence-corrected chi connectivity index (χ2v) is 4.29. The maximum Gasteiger partial charge on any atom is 0.0720 e. The Hall–Kier alpha value is -1.12. The molecule has 2 nitrogen and oxygen atoms in total. The van der Waals surface area contributed by atoms with Crippen molar-refractivity contribution in [3.8, 4) is 11.3 Å². The molecule has 2 N–H and O–H groups in total. The molecule has 1 heterocycles. The predicted molar refractivity (Wildman–Crippen MR) is 64.8 cm³/mol. The summed E-state index contributed by atoms with van der Waals surface area (Å²) in [7, 11) is 0. The summed E-state index contributed by atoms with van der Waals surface area (Å²) in [6, 6.07) is 7.34. The molecule has 1 aromatic heterocycles. The summed E-state index contributed by atoms with van der Waals surface area (Å²) >= 11 is 11.9. The fraction of sp³-hybridized carbons (Fsp3) is 0.0909. The van der Waals surface area contributed by atoms with Crippen LogP contribution in [0.5, 0.6) is 0 Å². The lowest BCUT2D eigenvalue weighted by molar-refractivity contribution is 1.02. The third-order valence-corrected chi connectivity index (χ3v) is 2.69. The number of nitrogen functional groups attached to an aromatic ring is 1. The Balaban J connectivity index is 2.63. The fourth-order valence-corrected chi connectivity index (χ4v) is 2.14. The van der Waals surface area contributed by atoms with Crippen LogP contribution in [0.3, 0.4) is 0 Å². The molecule has 0 spiro atoms. The first-order valence-corrected chi connectivity index (χ1v) is 5.23. The maximum atomic E-state index is 5.94. The quantitative estimate of drug-likeness (QED) is 0.761. The molecule has 0 saturated heterocycles. The highest BCUT2D eigenvalue weighted by atomic mass is 35.5. The van der Waals surface area contributed by atoms with Crippen molar-refractivity contribution >= 4 is 23.2 Å². The van der Waals surface area contributed by atoms with Gasteiger partial charge in [-0.25, -0.2) is 0 Å². The zero-order chi connectivity index (χ0) is 11.0. The highest BCUT2D eigenvalue weighted by molar-refractivity contribution is 6.35. The van der Waals surface area contributed by atoms with E-state index in [-0.39, 0.29) is 0 Å². The van der Waals surface area contributed by atoms with Crippen LogP contribution in [-0.2, 0) is 0 Å². The normalized spacial score (nSPS) is 10.6. The third-order valence-electron chi connectivity index (χ3n) is 2.25. The highest BCUT2D eigenvalue weighted by Gasteiger charge is 2.08. The van der Waals surface area contributed by atoms with Gasteiger partial charge in [-0.2, -0.15) is 0 Å². The molecule has 0 saturated carbocycles. The lowest BCUT2D eigenvalue weighted by Crippen LogP contribution is -2.08. The zero-order valence-electron chi connectivity index (χ0n) is 8.17. The molecule has 0 fully saturated rings. The summed E-state index contributed by atoms with van der Waals surface area (Å²) in [5.41, 5.74) is 2.95. The Morgan fingerprint density at radius 1 is 1.13 bits per heavy atom. The van der Waals surface area contributed by atoms with Gasteiger partial charge in [-0.05, 0) is 36.8 Å². The van der Waals surface area contributed by atoms with Gasteiger partial charge in [0.1, 0.15) is 0 Å². The number of benzene rings is 1. The molecule has 78 valence electrons. The molecule has 0 bridgehead atoms. The van der Waals surface area contributed by atoms with Crippen LogP contribution in [-0.4, -0.2) is 4.68 Å². The van der Waals surface area contributed by atoms with E-state index in [2.05, 4.69) is 0 Å². The van der Waals surface area contributed by atoms with E-state index in [4.69, 9.17) is 29.0 Å². The Kier molecular flexibility index (Phi) is 2.63. The van der Waals surface area contributed by atoms with E-state index < -0.39 is 0 Å². The molecule has 0 radical (unpaired) electrons. The molecule has 0 aliphatic heterocycles. The molecule has 15 heavy (non-hydrogen) atoms. The Labute approximate surface area is 98.2 Å². The predicted octanol–water partition coefficient (Wildman–Crippen LogP) is 3.48. The monoisotopic (exact) mass is 240 g/mol. The van der Waals surface area contributed by atoms with Gasteiger partial charge in [-0.1, -0.05) is 23.2 Å². The van der Waals surface area contributed by atoms with Gasteiger partial charge < -0.3 is 5.84 Å². The second-order valence-electron chi connectivity index (χ2n) is 3.41. The number of aromatic nitrogens is 1. The van der Waals surface area contributed by atoms with Crippen LogP contribution in [0.2, 0.25) is 10.0 Å². The topological polar surface area (TPSA) is 30.9 Å². The average Bonchev–Trinajstić information content (AvgIpc) is 2.44. The Morgan fingerprint density at radius 2 is 1.73 bits per heavy atom. The van der Waals surface area contributed by atoms with E-state index in [1.807, 2.05) is 25.1 Å². The van der Waals surface area contributed by atoms with Crippen molar-refractivity contribution in [2.45, 2.75) is 6.92 Å². The van der Waals surface area contributed by atoms with E-state index in [0.29, 0.717) is 10.0 Å². The highest BCUT2D eigenvalue weighted by Crippen LogP contribution is 2.28. The van der Waals surface area contributed by atoms with Gasteiger partial charge in [0.2, 0.25) is 0 Å². The molecule has 0 aliphatic rings. The molecular formula is C11H10Cl2N2. The van der Waals surface area contributed by atoms with Crippen molar-refractivity contribution in [3.63, 3.8) is 0 Å². The number of hydrogen-bond donors (Lipinski definition) is 1. The summed E-state index contributed by atoms with van der Waals surface area (Å²) in [6.07, 6.45) is 1.81. The molecule has 0 atom stereocenters. The van der Waals surface area contributed by atoms with E-state index >= 15 is 0 Å². The number of nitrogens with zero attached hydrogens (tertiary/aromatic N) is 1. The van der Waals surface area contributed by atoms with Crippen LogP contribution >= 0.6 is 23.2 Å². The maximum absolute atomic E-state index is 5.94. The lowest BCUT2D eigenvalue weighted by Gasteiger charge is -2.06. The molecule has 4 heteroatoms. The number of hydrogen-bond acceptors (Lipinski definition) is 1. The standard InChI is InChI=1S/C11H10Cl2N2/c1-7-2-3-15(14)11(7)8-4-9(12)6-10(13)5-8/h2-6H,14H2,1H3.